The van der Waals surface area contributed by atoms with E-state index in [0.29, 0.717) is 6.61 Å². The van der Waals surface area contributed by atoms with Gasteiger partial charge in [-0.05, 0) is 44.0 Å². The van der Waals surface area contributed by atoms with E-state index in [2.05, 4.69) is 27.0 Å². The summed E-state index contributed by atoms with van der Waals surface area (Å²) in [5.74, 6) is 0.748. The Morgan fingerprint density at radius 1 is 1.27 bits per heavy atom. The zero-order chi connectivity index (χ0) is 17.2. The number of rotatable bonds is 9. The summed E-state index contributed by atoms with van der Waals surface area (Å²) in [4.78, 5) is 15.5. The molecule has 5 nitrogen and oxygen atoms in total. The molecule has 1 aromatic carbocycles. The van der Waals surface area contributed by atoms with Gasteiger partial charge in [0.1, 0.15) is 5.82 Å². The number of benzene rings is 1. The Bertz CT molecular complexity index is 670. The van der Waals surface area contributed by atoms with Gasteiger partial charge < -0.3 is 14.6 Å². The first-order valence-electron chi connectivity index (χ1n) is 8.31. The summed E-state index contributed by atoms with van der Waals surface area (Å²) in [6.45, 7) is 6.99. The highest BCUT2D eigenvalue weighted by Gasteiger charge is 1.98. The topological polar surface area (TPSA) is 56.1 Å². The van der Waals surface area contributed by atoms with Crippen molar-refractivity contribution in [1.82, 2.24) is 14.9 Å². The molecule has 0 saturated heterocycles. The number of hydrogen-bond donors (Lipinski definition) is 1. The highest BCUT2D eigenvalue weighted by atomic mass is 35.5. The minimum absolute atomic E-state index is 0. The summed E-state index contributed by atoms with van der Waals surface area (Å²) in [6.07, 6.45) is 8.13. The molecular formula is C19H27Cl2N3O2. The molecule has 26 heavy (non-hydrogen) atoms. The second kappa shape index (κ2) is 13.4. The Morgan fingerprint density at radius 3 is 2.62 bits per heavy atom. The first kappa shape index (κ1) is 24.2. The summed E-state index contributed by atoms with van der Waals surface area (Å²) in [6, 6.07) is 8.14. The second-order valence-electron chi connectivity index (χ2n) is 5.53. The minimum Gasteiger partial charge on any atom is -0.463 e. The molecule has 1 N–H and O–H groups in total. The third-order valence-electron chi connectivity index (χ3n) is 3.68. The standard InChI is InChI=1S/C19H25N3O2.2ClH/c1-3-24-19(23)10-9-17-5-7-18(8-6-17)15-20-11-4-13-22-14-12-21-16(22)2;;/h5-10,12,14,20H,3-4,11,13,15H2,1-2H3;2*1H. The quantitative estimate of drug-likeness (QED) is 0.395. The van der Waals surface area contributed by atoms with Gasteiger partial charge >= 0.3 is 5.97 Å². The summed E-state index contributed by atoms with van der Waals surface area (Å²) < 4.78 is 7.02. The van der Waals surface area contributed by atoms with Gasteiger partial charge in [-0.3, -0.25) is 0 Å². The van der Waals surface area contributed by atoms with Gasteiger partial charge in [-0.25, -0.2) is 9.78 Å². The number of aromatic nitrogens is 2. The molecule has 0 radical (unpaired) electrons. The van der Waals surface area contributed by atoms with Crippen LogP contribution in [0.25, 0.3) is 6.08 Å². The molecule has 2 rings (SSSR count). The molecular weight excluding hydrogens is 373 g/mol. The van der Waals surface area contributed by atoms with Gasteiger partial charge in [-0.2, -0.15) is 0 Å². The first-order valence-corrected chi connectivity index (χ1v) is 8.31. The first-order chi connectivity index (χ1) is 11.7. The van der Waals surface area contributed by atoms with E-state index in [1.807, 2.05) is 31.5 Å². The summed E-state index contributed by atoms with van der Waals surface area (Å²) in [5.41, 5.74) is 2.21. The molecule has 7 heteroatoms. The number of imidazole rings is 1. The van der Waals surface area contributed by atoms with E-state index in [9.17, 15) is 4.79 Å². The average molecular weight is 400 g/mol. The predicted molar refractivity (Wildman–Crippen MR) is 110 cm³/mol. The largest absolute Gasteiger partial charge is 0.463 e. The molecule has 0 atom stereocenters. The van der Waals surface area contributed by atoms with Crippen LogP contribution in [-0.2, 0) is 22.6 Å². The van der Waals surface area contributed by atoms with Gasteiger partial charge in [0.15, 0.2) is 0 Å². The number of nitrogens with zero attached hydrogens (tertiary/aromatic N) is 2. The van der Waals surface area contributed by atoms with Crippen LogP contribution in [0, 0.1) is 6.92 Å². The Morgan fingerprint density at radius 2 is 2.00 bits per heavy atom. The maximum Gasteiger partial charge on any atom is 0.330 e. The Kier molecular flexibility index (Phi) is 12.5. The van der Waals surface area contributed by atoms with Crippen LogP contribution in [0.2, 0.25) is 0 Å². The van der Waals surface area contributed by atoms with Crippen LogP contribution in [0.4, 0.5) is 0 Å². The zero-order valence-electron chi connectivity index (χ0n) is 15.2. The number of nitrogens with one attached hydrogen (secondary N) is 1. The highest BCUT2D eigenvalue weighted by molar-refractivity contribution is 5.87. The van der Waals surface area contributed by atoms with Gasteiger partial charge in [0.05, 0.1) is 6.61 Å². The Hall–Kier alpha value is -1.82. The van der Waals surface area contributed by atoms with Gasteiger partial charge in [0.2, 0.25) is 0 Å². The van der Waals surface area contributed by atoms with Crippen molar-refractivity contribution >= 4 is 36.9 Å². The number of carbonyl (C=O) groups is 1. The van der Waals surface area contributed by atoms with E-state index in [0.717, 1.165) is 37.4 Å². The number of aryl methyl sites for hydroxylation is 2. The monoisotopic (exact) mass is 399 g/mol. The molecule has 1 aromatic heterocycles. The minimum atomic E-state index is -0.309. The Balaban J connectivity index is 0.00000312. The van der Waals surface area contributed by atoms with Crippen LogP contribution in [0.3, 0.4) is 0 Å². The van der Waals surface area contributed by atoms with Crippen molar-refractivity contribution in [2.45, 2.75) is 33.4 Å². The SMILES string of the molecule is CCOC(=O)C=Cc1ccc(CNCCCn2ccnc2C)cc1.Cl.Cl. The number of carbonyl (C=O) groups excluding carboxylic acids is 1. The fourth-order valence-corrected chi connectivity index (χ4v) is 2.35. The summed E-state index contributed by atoms with van der Waals surface area (Å²) in [5, 5.41) is 3.44. The molecule has 0 amide bonds. The lowest BCUT2D eigenvalue weighted by Crippen LogP contribution is -2.16. The summed E-state index contributed by atoms with van der Waals surface area (Å²) >= 11 is 0. The molecule has 1 heterocycles. The van der Waals surface area contributed by atoms with E-state index in [1.54, 1.807) is 13.0 Å². The van der Waals surface area contributed by atoms with Crippen LogP contribution in [0.15, 0.2) is 42.7 Å². The van der Waals surface area contributed by atoms with E-state index >= 15 is 0 Å². The van der Waals surface area contributed by atoms with Crippen molar-refractivity contribution in [1.29, 1.82) is 0 Å². The van der Waals surface area contributed by atoms with Crippen LogP contribution in [0.1, 0.15) is 30.3 Å². The van der Waals surface area contributed by atoms with Gasteiger partial charge in [-0.1, -0.05) is 24.3 Å². The lowest BCUT2D eigenvalue weighted by molar-refractivity contribution is -0.137. The molecule has 0 saturated carbocycles. The van der Waals surface area contributed by atoms with Crippen molar-refractivity contribution in [2.75, 3.05) is 13.2 Å². The van der Waals surface area contributed by atoms with E-state index in [4.69, 9.17) is 4.74 Å². The van der Waals surface area contributed by atoms with Gasteiger partial charge in [0.25, 0.3) is 0 Å². The molecule has 0 spiro atoms. The van der Waals surface area contributed by atoms with E-state index in [-0.39, 0.29) is 30.8 Å². The molecule has 2 aromatic rings. The average Bonchev–Trinajstić information content (AvgIpc) is 2.99. The van der Waals surface area contributed by atoms with Crippen molar-refractivity contribution in [3.63, 3.8) is 0 Å². The molecule has 0 fully saturated rings. The smallest absolute Gasteiger partial charge is 0.330 e. The zero-order valence-corrected chi connectivity index (χ0v) is 16.8. The molecule has 0 aliphatic carbocycles. The summed E-state index contributed by atoms with van der Waals surface area (Å²) in [7, 11) is 0. The predicted octanol–water partition coefficient (Wildman–Crippen LogP) is 3.79. The maximum atomic E-state index is 11.3. The van der Waals surface area contributed by atoms with Crippen LogP contribution in [0.5, 0.6) is 0 Å². The van der Waals surface area contributed by atoms with Gasteiger partial charge in [0, 0.05) is 31.6 Å². The maximum absolute atomic E-state index is 11.3. The van der Waals surface area contributed by atoms with Crippen LogP contribution in [-0.4, -0.2) is 28.7 Å². The Labute approximate surface area is 167 Å². The van der Waals surface area contributed by atoms with E-state index < -0.39 is 0 Å². The van der Waals surface area contributed by atoms with Crippen LogP contribution < -0.4 is 5.32 Å². The molecule has 0 unspecified atom stereocenters. The molecule has 0 bridgehead atoms. The fourth-order valence-electron chi connectivity index (χ4n) is 2.35. The third kappa shape index (κ3) is 8.52. The molecule has 0 aliphatic heterocycles. The van der Waals surface area contributed by atoms with Crippen molar-refractivity contribution in [3.8, 4) is 0 Å². The van der Waals surface area contributed by atoms with E-state index in [1.165, 1.54) is 11.6 Å². The lowest BCUT2D eigenvalue weighted by Gasteiger charge is -2.07. The van der Waals surface area contributed by atoms with Crippen molar-refractivity contribution < 1.29 is 9.53 Å². The number of halogens is 2. The van der Waals surface area contributed by atoms with Crippen LogP contribution >= 0.6 is 24.8 Å². The van der Waals surface area contributed by atoms with Crippen molar-refractivity contribution in [2.24, 2.45) is 0 Å². The highest BCUT2D eigenvalue weighted by Crippen LogP contribution is 2.06. The van der Waals surface area contributed by atoms with Crippen molar-refractivity contribution in [3.05, 3.63) is 59.7 Å². The molecule has 0 aliphatic rings. The number of ether oxygens (including phenoxy) is 1. The fraction of sp³-hybridized carbons (Fsp3) is 0.368. The number of esters is 1. The lowest BCUT2D eigenvalue weighted by atomic mass is 10.1. The normalized spacial score (nSPS) is 10.2. The second-order valence-corrected chi connectivity index (χ2v) is 5.53. The number of hydrogen-bond acceptors (Lipinski definition) is 4. The van der Waals surface area contributed by atoms with Gasteiger partial charge in [-0.15, -0.1) is 24.8 Å². The molecule has 144 valence electrons. The third-order valence-corrected chi connectivity index (χ3v) is 3.68.